The molecule has 32 heavy (non-hydrogen) atoms. The van der Waals surface area contributed by atoms with Gasteiger partial charge in [-0.1, -0.05) is 23.2 Å². The molecule has 0 heterocycles. The van der Waals surface area contributed by atoms with Crippen LogP contribution < -0.4 is 0 Å². The number of hydrogen-bond donors (Lipinski definition) is 4. The normalized spacial score (nSPS) is 13.4. The van der Waals surface area contributed by atoms with Crippen LogP contribution in [0.1, 0.15) is 11.1 Å². The van der Waals surface area contributed by atoms with Crippen LogP contribution in [0.15, 0.2) is 31.7 Å². The van der Waals surface area contributed by atoms with E-state index in [-0.39, 0.29) is 0 Å². The molecule has 0 atom stereocenters. The molecule has 0 fully saturated rings. The fourth-order valence-corrected chi connectivity index (χ4v) is 7.09. The fraction of sp³-hybridized carbons (Fsp3) is 0.143. The molecule has 178 valence electrons. The minimum atomic E-state index is -5.31. The number of hydrogen-bond acceptors (Lipinski definition) is 8. The minimum Gasteiger partial charge on any atom is -0.282 e. The first-order valence-electron chi connectivity index (χ1n) is 7.66. The van der Waals surface area contributed by atoms with E-state index in [1.807, 2.05) is 0 Å². The van der Waals surface area contributed by atoms with E-state index < -0.39 is 92.4 Å². The summed E-state index contributed by atoms with van der Waals surface area (Å²) in [5.41, 5.74) is -3.36. The Balaban J connectivity index is 3.41. The van der Waals surface area contributed by atoms with Crippen LogP contribution in [0.3, 0.4) is 0 Å². The first-order valence-corrected chi connectivity index (χ1v) is 14.2. The van der Waals surface area contributed by atoms with Crippen molar-refractivity contribution in [3.05, 3.63) is 33.3 Å². The highest BCUT2D eigenvalue weighted by atomic mass is 35.5. The number of benzene rings is 2. The zero-order valence-electron chi connectivity index (χ0n) is 15.6. The molecule has 0 bridgehead atoms. The molecule has 0 radical (unpaired) electrons. The van der Waals surface area contributed by atoms with Gasteiger partial charge in [-0.05, 0) is 37.1 Å². The van der Waals surface area contributed by atoms with Gasteiger partial charge in [0.25, 0.3) is 40.5 Å². The highest BCUT2D eigenvalue weighted by Crippen LogP contribution is 2.44. The van der Waals surface area contributed by atoms with E-state index >= 15 is 0 Å². The van der Waals surface area contributed by atoms with Gasteiger partial charge in [-0.3, -0.25) is 18.2 Å². The Morgan fingerprint density at radius 1 is 0.562 bits per heavy atom. The Morgan fingerprint density at radius 2 is 0.812 bits per heavy atom. The highest BCUT2D eigenvalue weighted by molar-refractivity contribution is 7.87. The van der Waals surface area contributed by atoms with E-state index in [0.29, 0.717) is 12.1 Å². The maximum absolute atomic E-state index is 12.0. The van der Waals surface area contributed by atoms with Crippen molar-refractivity contribution in [1.29, 1.82) is 0 Å². The molecular formula is C14H12Cl2O12S4. The van der Waals surface area contributed by atoms with Gasteiger partial charge in [0, 0.05) is 11.1 Å². The zero-order valence-corrected chi connectivity index (χ0v) is 20.4. The van der Waals surface area contributed by atoms with Gasteiger partial charge in [0.05, 0.1) is 10.0 Å². The topological polar surface area (TPSA) is 217 Å². The standard InChI is InChI=1S/C14H12Cl2O12S4/c1-5-11(15)9(29(17,18)19)3-7(13(5)31(23,24)25)8-4-10(30(20,21)22)12(16)6(2)14(8)32(26,27)28/h3-4H,1-2H3,(H,17,18,19)(H,20,21,22)(H,23,24,25)(H,26,27,28). The molecule has 18 heteroatoms. The van der Waals surface area contributed by atoms with Crippen LogP contribution in [0.25, 0.3) is 11.1 Å². The molecule has 0 aliphatic heterocycles. The molecule has 2 rings (SSSR count). The summed E-state index contributed by atoms with van der Waals surface area (Å²) in [6.45, 7) is 1.78. The van der Waals surface area contributed by atoms with Crippen LogP contribution in [0.5, 0.6) is 0 Å². The van der Waals surface area contributed by atoms with E-state index in [0.717, 1.165) is 13.8 Å². The third kappa shape index (κ3) is 4.93. The smallest absolute Gasteiger partial charge is 0.282 e. The molecule has 2 aromatic rings. The van der Waals surface area contributed by atoms with Crippen LogP contribution in [0.2, 0.25) is 10.0 Å². The summed E-state index contributed by atoms with van der Waals surface area (Å²) in [6.07, 6.45) is 0. The quantitative estimate of drug-likeness (QED) is 0.380. The highest BCUT2D eigenvalue weighted by Gasteiger charge is 2.33. The summed E-state index contributed by atoms with van der Waals surface area (Å²) in [4.78, 5) is -4.63. The average Bonchev–Trinajstić information content (AvgIpc) is 2.54. The maximum Gasteiger partial charge on any atom is 0.296 e. The van der Waals surface area contributed by atoms with Crippen molar-refractivity contribution in [3.8, 4) is 11.1 Å². The Hall–Kier alpha value is -1.34. The van der Waals surface area contributed by atoms with Crippen LogP contribution in [-0.2, 0) is 40.5 Å². The summed E-state index contributed by atoms with van der Waals surface area (Å²) >= 11 is 11.6. The van der Waals surface area contributed by atoms with Crippen molar-refractivity contribution in [2.75, 3.05) is 0 Å². The van der Waals surface area contributed by atoms with Crippen LogP contribution >= 0.6 is 23.2 Å². The monoisotopic (exact) mass is 570 g/mol. The van der Waals surface area contributed by atoms with E-state index in [9.17, 15) is 51.9 Å². The van der Waals surface area contributed by atoms with Crippen LogP contribution in [-0.4, -0.2) is 51.9 Å². The molecule has 0 aliphatic carbocycles. The number of halogens is 2. The van der Waals surface area contributed by atoms with Gasteiger partial charge in [-0.15, -0.1) is 0 Å². The Morgan fingerprint density at radius 3 is 1.00 bits per heavy atom. The lowest BCUT2D eigenvalue weighted by atomic mass is 10.0. The summed E-state index contributed by atoms with van der Waals surface area (Å²) in [5.74, 6) is 0. The first kappa shape index (κ1) is 26.9. The molecule has 0 amide bonds. The largest absolute Gasteiger partial charge is 0.296 e. The lowest BCUT2D eigenvalue weighted by Crippen LogP contribution is -2.12. The first-order chi connectivity index (χ1) is 14.1. The summed E-state index contributed by atoms with van der Waals surface area (Å²) in [5, 5.41) is -1.73. The van der Waals surface area contributed by atoms with Gasteiger partial charge < -0.3 is 0 Å². The molecule has 0 saturated carbocycles. The molecule has 4 N–H and O–H groups in total. The number of rotatable bonds is 5. The molecular weight excluding hydrogens is 559 g/mol. The van der Waals surface area contributed by atoms with Crippen LogP contribution in [0.4, 0.5) is 0 Å². The van der Waals surface area contributed by atoms with Crippen molar-refractivity contribution >= 4 is 63.7 Å². The van der Waals surface area contributed by atoms with Gasteiger partial charge >= 0.3 is 0 Å². The van der Waals surface area contributed by atoms with Crippen molar-refractivity contribution in [2.24, 2.45) is 0 Å². The molecule has 0 aromatic heterocycles. The van der Waals surface area contributed by atoms with Gasteiger partial charge in [-0.25, -0.2) is 0 Å². The predicted octanol–water partition coefficient (Wildman–Crippen LogP) is 2.26. The van der Waals surface area contributed by atoms with Gasteiger partial charge in [-0.2, -0.15) is 33.7 Å². The van der Waals surface area contributed by atoms with Crippen LogP contribution in [0, 0.1) is 13.8 Å². The van der Waals surface area contributed by atoms with Gasteiger partial charge in [0.15, 0.2) is 0 Å². The lowest BCUT2D eigenvalue weighted by Gasteiger charge is -2.19. The lowest BCUT2D eigenvalue weighted by molar-refractivity contribution is 0.477. The molecule has 0 spiro atoms. The third-order valence-electron chi connectivity index (χ3n) is 4.17. The maximum atomic E-state index is 12.0. The second-order valence-corrected chi connectivity index (χ2v) is 12.5. The summed E-state index contributed by atoms with van der Waals surface area (Å²) < 4.78 is 133. The Kier molecular flexibility index (Phi) is 6.86. The second kappa shape index (κ2) is 8.15. The minimum absolute atomic E-state index is 0.332. The Bertz CT molecular complexity index is 1470. The summed E-state index contributed by atoms with van der Waals surface area (Å²) in [7, 11) is -21.0. The fourth-order valence-electron chi connectivity index (χ4n) is 2.93. The van der Waals surface area contributed by atoms with Crippen molar-refractivity contribution in [2.45, 2.75) is 33.4 Å². The Labute approximate surface area is 192 Å². The summed E-state index contributed by atoms with van der Waals surface area (Å²) in [6, 6.07) is 0.664. The zero-order chi connectivity index (χ0) is 25.2. The third-order valence-corrected chi connectivity index (χ3v) is 9.21. The van der Waals surface area contributed by atoms with E-state index in [4.69, 9.17) is 23.2 Å². The van der Waals surface area contributed by atoms with Gasteiger partial charge in [0.1, 0.15) is 19.6 Å². The predicted molar refractivity (Wildman–Crippen MR) is 111 cm³/mol. The molecule has 0 aliphatic rings. The van der Waals surface area contributed by atoms with Crippen molar-refractivity contribution < 1.29 is 51.9 Å². The van der Waals surface area contributed by atoms with Crippen molar-refractivity contribution in [3.63, 3.8) is 0 Å². The van der Waals surface area contributed by atoms with Gasteiger partial charge in [0.2, 0.25) is 0 Å². The van der Waals surface area contributed by atoms with E-state index in [1.54, 1.807) is 0 Å². The second-order valence-electron chi connectivity index (χ2n) is 6.28. The molecule has 0 saturated heterocycles. The van der Waals surface area contributed by atoms with Crippen molar-refractivity contribution in [1.82, 2.24) is 0 Å². The molecule has 0 unspecified atom stereocenters. The molecule has 12 nitrogen and oxygen atoms in total. The van der Waals surface area contributed by atoms with E-state index in [2.05, 4.69) is 0 Å². The average molecular weight is 571 g/mol. The SMILES string of the molecule is Cc1c(Cl)c(S(=O)(=O)O)cc(-c2cc(S(=O)(=O)O)c(Cl)c(C)c2S(=O)(=O)O)c1S(=O)(=O)O. The van der Waals surface area contributed by atoms with E-state index in [1.165, 1.54) is 0 Å². The molecule has 2 aromatic carbocycles.